The van der Waals surface area contributed by atoms with Gasteiger partial charge in [-0.25, -0.2) is 5.48 Å². The third-order valence-electron chi connectivity index (χ3n) is 5.54. The Morgan fingerprint density at radius 2 is 2.00 bits per heavy atom. The van der Waals surface area contributed by atoms with E-state index in [4.69, 9.17) is 5.21 Å². The second-order valence-electron chi connectivity index (χ2n) is 7.59. The molecule has 2 aromatic carbocycles. The maximum atomic E-state index is 11.1. The van der Waals surface area contributed by atoms with Gasteiger partial charge in [0.1, 0.15) is 0 Å². The Hall–Kier alpha value is -2.93. The number of β-amino-alcohol motifs (C(OH)–C–C–N with tert-alkyl or cyclic N) is 1. The van der Waals surface area contributed by atoms with Gasteiger partial charge in [0.15, 0.2) is 0 Å². The van der Waals surface area contributed by atoms with Crippen molar-refractivity contribution in [2.75, 3.05) is 6.54 Å². The molecule has 0 spiro atoms. The smallest absolute Gasteiger partial charge is 0.267 e. The van der Waals surface area contributed by atoms with E-state index in [0.717, 1.165) is 36.0 Å². The van der Waals surface area contributed by atoms with Crippen molar-refractivity contribution in [3.8, 4) is 0 Å². The molecule has 4 rings (SSSR count). The number of carbonyl (C=O) groups is 1. The lowest BCUT2D eigenvalue weighted by molar-refractivity contribution is -0.124. The first-order valence-electron chi connectivity index (χ1n) is 9.80. The van der Waals surface area contributed by atoms with Gasteiger partial charge in [0.05, 0.1) is 6.10 Å². The molecule has 1 amide bonds. The number of rotatable bonds is 6. The van der Waals surface area contributed by atoms with E-state index in [1.54, 1.807) is 11.6 Å². The zero-order valence-corrected chi connectivity index (χ0v) is 16.1. The Morgan fingerprint density at radius 1 is 1.21 bits per heavy atom. The molecule has 2 heterocycles. The number of fused-ring (bicyclic) bond motifs is 1. The standard InChI is InChI=1S/C23H25N3O3/c27-20-12-19(11-18-13-24-22-4-2-1-3-21(18)22)26(15-20)14-17-7-5-16(6-8-17)9-10-23(28)25-29/h1-10,13,19-20,24,27,29H,11-12,14-15H2,(H,25,28). The van der Waals surface area contributed by atoms with Gasteiger partial charge >= 0.3 is 0 Å². The summed E-state index contributed by atoms with van der Waals surface area (Å²) in [6.07, 6.45) is 6.38. The number of nitrogens with zero attached hydrogens (tertiary/aromatic N) is 1. The molecule has 1 aromatic heterocycles. The summed E-state index contributed by atoms with van der Waals surface area (Å²) >= 11 is 0. The van der Waals surface area contributed by atoms with Crippen molar-refractivity contribution in [2.24, 2.45) is 0 Å². The van der Waals surface area contributed by atoms with E-state index in [1.807, 2.05) is 30.3 Å². The minimum Gasteiger partial charge on any atom is -0.392 e. The first-order valence-corrected chi connectivity index (χ1v) is 9.80. The number of aromatic nitrogens is 1. The Kier molecular flexibility index (Phi) is 5.76. The van der Waals surface area contributed by atoms with Gasteiger partial charge in [0, 0.05) is 42.3 Å². The van der Waals surface area contributed by atoms with E-state index >= 15 is 0 Å². The van der Waals surface area contributed by atoms with E-state index in [0.29, 0.717) is 6.54 Å². The van der Waals surface area contributed by atoms with Gasteiger partial charge in [-0.2, -0.15) is 0 Å². The number of hydrogen-bond donors (Lipinski definition) is 4. The van der Waals surface area contributed by atoms with Crippen LogP contribution in [-0.2, 0) is 17.8 Å². The van der Waals surface area contributed by atoms with E-state index in [-0.39, 0.29) is 12.1 Å². The molecule has 1 aliphatic rings. The Morgan fingerprint density at radius 3 is 2.79 bits per heavy atom. The van der Waals surface area contributed by atoms with Crippen molar-refractivity contribution >= 4 is 22.9 Å². The van der Waals surface area contributed by atoms with E-state index < -0.39 is 5.91 Å². The van der Waals surface area contributed by atoms with Gasteiger partial charge < -0.3 is 10.1 Å². The molecular weight excluding hydrogens is 366 g/mol. The monoisotopic (exact) mass is 391 g/mol. The molecule has 6 nitrogen and oxygen atoms in total. The fraction of sp³-hybridized carbons (Fsp3) is 0.261. The maximum Gasteiger partial charge on any atom is 0.267 e. The van der Waals surface area contributed by atoms with Crippen LogP contribution in [0.3, 0.4) is 0 Å². The summed E-state index contributed by atoms with van der Waals surface area (Å²) in [5, 5.41) is 20.0. The number of aromatic amines is 1. The maximum absolute atomic E-state index is 11.1. The molecular formula is C23H25N3O3. The molecule has 1 saturated heterocycles. The van der Waals surface area contributed by atoms with Crippen molar-refractivity contribution in [1.82, 2.24) is 15.4 Å². The van der Waals surface area contributed by atoms with Crippen LogP contribution in [0.1, 0.15) is 23.1 Å². The molecule has 4 N–H and O–H groups in total. The zero-order chi connectivity index (χ0) is 20.2. The van der Waals surface area contributed by atoms with Gasteiger partial charge in [-0.05, 0) is 41.7 Å². The highest BCUT2D eigenvalue weighted by Gasteiger charge is 2.31. The number of H-pyrrole nitrogens is 1. The van der Waals surface area contributed by atoms with Crippen LogP contribution in [0.2, 0.25) is 0 Å². The van der Waals surface area contributed by atoms with Crippen molar-refractivity contribution in [1.29, 1.82) is 0 Å². The SMILES string of the molecule is O=C(C=Cc1ccc(CN2CC(O)CC2Cc2c[nH]c3ccccc23)cc1)NO. The minimum atomic E-state index is -0.555. The number of hydroxylamine groups is 1. The fourth-order valence-electron chi connectivity index (χ4n) is 4.10. The van der Waals surface area contributed by atoms with Crippen molar-refractivity contribution in [3.63, 3.8) is 0 Å². The summed E-state index contributed by atoms with van der Waals surface area (Å²) in [6, 6.07) is 16.5. The summed E-state index contributed by atoms with van der Waals surface area (Å²) in [4.78, 5) is 16.8. The van der Waals surface area contributed by atoms with Gasteiger partial charge in [-0.15, -0.1) is 0 Å². The number of aliphatic hydroxyl groups is 1. The van der Waals surface area contributed by atoms with Crippen molar-refractivity contribution in [3.05, 3.63) is 77.5 Å². The lowest BCUT2D eigenvalue weighted by Crippen LogP contribution is -2.30. The summed E-state index contributed by atoms with van der Waals surface area (Å²) in [5.74, 6) is -0.555. The van der Waals surface area contributed by atoms with Crippen LogP contribution in [0, 0.1) is 0 Å². The number of benzene rings is 2. The number of hydrogen-bond acceptors (Lipinski definition) is 4. The summed E-state index contributed by atoms with van der Waals surface area (Å²) in [5.41, 5.74) is 6.05. The van der Waals surface area contributed by atoms with Gasteiger partial charge in [0.2, 0.25) is 0 Å². The quantitative estimate of drug-likeness (QED) is 0.296. The number of likely N-dealkylation sites (tertiary alicyclic amines) is 1. The van der Waals surface area contributed by atoms with Crippen molar-refractivity contribution in [2.45, 2.75) is 31.5 Å². The highest BCUT2D eigenvalue weighted by Crippen LogP contribution is 2.27. The van der Waals surface area contributed by atoms with Gasteiger partial charge in [-0.3, -0.25) is 14.9 Å². The molecule has 3 aromatic rings. The molecule has 150 valence electrons. The summed E-state index contributed by atoms with van der Waals surface area (Å²) in [6.45, 7) is 1.44. The van der Waals surface area contributed by atoms with Crippen molar-refractivity contribution < 1.29 is 15.1 Å². The highest BCUT2D eigenvalue weighted by atomic mass is 16.5. The molecule has 2 unspecified atom stereocenters. The molecule has 0 bridgehead atoms. The van der Waals surface area contributed by atoms with E-state index in [9.17, 15) is 9.90 Å². The first kappa shape index (κ1) is 19.4. The van der Waals surface area contributed by atoms with Crippen LogP contribution in [0.25, 0.3) is 17.0 Å². The average Bonchev–Trinajstić information content (AvgIpc) is 3.30. The van der Waals surface area contributed by atoms with Crippen LogP contribution in [0.5, 0.6) is 0 Å². The molecule has 0 radical (unpaired) electrons. The van der Waals surface area contributed by atoms with Crippen LogP contribution in [0.4, 0.5) is 0 Å². The number of aliphatic hydroxyl groups excluding tert-OH is 1. The Balaban J connectivity index is 1.44. The van der Waals surface area contributed by atoms with Crippen LogP contribution in [-0.4, -0.2) is 44.8 Å². The number of nitrogens with one attached hydrogen (secondary N) is 2. The molecule has 1 aliphatic heterocycles. The molecule has 0 saturated carbocycles. The van der Waals surface area contributed by atoms with Crippen LogP contribution >= 0.6 is 0 Å². The van der Waals surface area contributed by atoms with Crippen LogP contribution < -0.4 is 5.48 Å². The molecule has 1 fully saturated rings. The highest BCUT2D eigenvalue weighted by molar-refractivity contribution is 5.90. The van der Waals surface area contributed by atoms with E-state index in [1.165, 1.54) is 17.0 Å². The zero-order valence-electron chi connectivity index (χ0n) is 16.1. The normalized spacial score (nSPS) is 19.9. The van der Waals surface area contributed by atoms with Crippen LogP contribution in [0.15, 0.2) is 60.8 Å². The van der Waals surface area contributed by atoms with E-state index in [2.05, 4.69) is 34.3 Å². The Labute approximate surface area is 169 Å². The van der Waals surface area contributed by atoms with Gasteiger partial charge in [-0.1, -0.05) is 42.5 Å². The second-order valence-corrected chi connectivity index (χ2v) is 7.59. The minimum absolute atomic E-state index is 0.289. The Bertz CT molecular complexity index is 1010. The predicted octanol–water partition coefficient (Wildman–Crippen LogP) is 2.86. The lowest BCUT2D eigenvalue weighted by Gasteiger charge is -2.24. The molecule has 29 heavy (non-hydrogen) atoms. The molecule has 0 aliphatic carbocycles. The summed E-state index contributed by atoms with van der Waals surface area (Å²) in [7, 11) is 0. The first-order chi connectivity index (χ1) is 14.1. The average molecular weight is 391 g/mol. The predicted molar refractivity (Wildman–Crippen MR) is 112 cm³/mol. The topological polar surface area (TPSA) is 88.6 Å². The lowest BCUT2D eigenvalue weighted by atomic mass is 10.0. The fourth-order valence-corrected chi connectivity index (χ4v) is 4.10. The second kappa shape index (κ2) is 8.61. The third-order valence-corrected chi connectivity index (χ3v) is 5.54. The number of carbonyl (C=O) groups excluding carboxylic acids is 1. The number of amides is 1. The third kappa shape index (κ3) is 4.56. The summed E-state index contributed by atoms with van der Waals surface area (Å²) < 4.78 is 0. The largest absolute Gasteiger partial charge is 0.392 e. The molecule has 6 heteroatoms. The molecule has 2 atom stereocenters. The number of para-hydroxylation sites is 1. The van der Waals surface area contributed by atoms with Gasteiger partial charge in [0.25, 0.3) is 5.91 Å².